The number of hydrogen-bond acceptors (Lipinski definition) is 5. The Morgan fingerprint density at radius 3 is 2.57 bits per heavy atom. The van der Waals surface area contributed by atoms with Crippen LogP contribution in [0.3, 0.4) is 0 Å². The second-order valence-corrected chi connectivity index (χ2v) is 6.91. The Morgan fingerprint density at radius 2 is 1.93 bits per heavy atom. The number of benzene rings is 1. The first-order valence-corrected chi connectivity index (χ1v) is 8.96. The van der Waals surface area contributed by atoms with Crippen LogP contribution in [0.2, 0.25) is 10.0 Å². The molecular weight excluding hydrogens is 407 g/mol. The van der Waals surface area contributed by atoms with Crippen molar-refractivity contribution in [2.24, 2.45) is 0 Å². The predicted octanol–water partition coefficient (Wildman–Crippen LogP) is 3.60. The first kappa shape index (κ1) is 19.8. The molecule has 11 heteroatoms. The number of aromatic nitrogens is 4. The average Bonchev–Trinajstić information content (AvgIpc) is 3.08. The molecule has 0 saturated carbocycles. The molecule has 0 aliphatic carbocycles. The normalized spacial score (nSPS) is 10.9. The Kier molecular flexibility index (Phi) is 5.66. The van der Waals surface area contributed by atoms with Gasteiger partial charge in [-0.3, -0.25) is 24.3 Å². The molecule has 9 nitrogen and oxygen atoms in total. The van der Waals surface area contributed by atoms with Gasteiger partial charge in [0, 0.05) is 11.2 Å². The average molecular weight is 423 g/mol. The SMILES string of the molecule is Cc1nn(CC(=O)Nc2nn(Cc3ccccc3Cl)cc2Cl)c(C)c1[N+](=O)[O-]. The number of halogens is 2. The Morgan fingerprint density at radius 1 is 1.21 bits per heavy atom. The number of hydrogen-bond donors (Lipinski definition) is 1. The molecule has 3 aromatic rings. The van der Waals surface area contributed by atoms with E-state index in [0.717, 1.165) is 5.56 Å². The van der Waals surface area contributed by atoms with Gasteiger partial charge in [-0.25, -0.2) is 0 Å². The van der Waals surface area contributed by atoms with E-state index in [1.807, 2.05) is 18.2 Å². The highest BCUT2D eigenvalue weighted by atomic mass is 35.5. The van der Waals surface area contributed by atoms with Crippen molar-refractivity contribution in [3.8, 4) is 0 Å². The minimum atomic E-state index is -0.515. The zero-order chi connectivity index (χ0) is 20.4. The fourth-order valence-corrected chi connectivity index (χ4v) is 3.17. The van der Waals surface area contributed by atoms with Crippen LogP contribution in [-0.2, 0) is 17.9 Å². The van der Waals surface area contributed by atoms with Crippen molar-refractivity contribution in [3.63, 3.8) is 0 Å². The summed E-state index contributed by atoms with van der Waals surface area (Å²) in [5, 5.41) is 22.8. The second-order valence-electron chi connectivity index (χ2n) is 6.10. The summed E-state index contributed by atoms with van der Waals surface area (Å²) >= 11 is 12.3. The van der Waals surface area contributed by atoms with Gasteiger partial charge in [-0.2, -0.15) is 10.2 Å². The van der Waals surface area contributed by atoms with Crippen LogP contribution in [0.25, 0.3) is 0 Å². The Bertz CT molecular complexity index is 1060. The molecule has 2 aromatic heterocycles. The van der Waals surface area contributed by atoms with E-state index in [4.69, 9.17) is 23.2 Å². The Hall–Kier alpha value is -2.91. The molecule has 2 heterocycles. The van der Waals surface area contributed by atoms with E-state index in [1.54, 1.807) is 16.9 Å². The van der Waals surface area contributed by atoms with E-state index in [1.165, 1.54) is 18.5 Å². The summed E-state index contributed by atoms with van der Waals surface area (Å²) in [6, 6.07) is 7.34. The number of aryl methyl sites for hydroxylation is 1. The summed E-state index contributed by atoms with van der Waals surface area (Å²) in [5.74, 6) is -0.264. The van der Waals surface area contributed by atoms with Crippen molar-refractivity contribution in [2.45, 2.75) is 26.9 Å². The van der Waals surface area contributed by atoms with Gasteiger partial charge in [0.05, 0.1) is 11.5 Å². The third-order valence-corrected chi connectivity index (χ3v) is 4.73. The van der Waals surface area contributed by atoms with Crippen LogP contribution in [0.15, 0.2) is 30.5 Å². The molecule has 1 aromatic carbocycles. The maximum Gasteiger partial charge on any atom is 0.312 e. The van der Waals surface area contributed by atoms with Crippen LogP contribution >= 0.6 is 23.2 Å². The van der Waals surface area contributed by atoms with Gasteiger partial charge in [0.15, 0.2) is 5.82 Å². The van der Waals surface area contributed by atoms with Crippen LogP contribution in [0, 0.1) is 24.0 Å². The van der Waals surface area contributed by atoms with Gasteiger partial charge < -0.3 is 5.32 Å². The maximum atomic E-state index is 12.3. The van der Waals surface area contributed by atoms with Crippen LogP contribution in [0.5, 0.6) is 0 Å². The molecule has 0 bridgehead atoms. The zero-order valence-electron chi connectivity index (χ0n) is 15.0. The molecule has 0 fully saturated rings. The maximum absolute atomic E-state index is 12.3. The molecule has 3 rings (SSSR count). The minimum absolute atomic E-state index is 0.102. The van der Waals surface area contributed by atoms with Crippen molar-refractivity contribution >= 4 is 40.6 Å². The van der Waals surface area contributed by atoms with E-state index in [2.05, 4.69) is 15.5 Å². The lowest BCUT2D eigenvalue weighted by Gasteiger charge is -2.05. The number of nitrogens with zero attached hydrogens (tertiary/aromatic N) is 5. The van der Waals surface area contributed by atoms with E-state index in [-0.39, 0.29) is 28.8 Å². The second kappa shape index (κ2) is 7.99. The summed E-state index contributed by atoms with van der Waals surface area (Å²) in [4.78, 5) is 22.9. The molecule has 0 radical (unpaired) electrons. The monoisotopic (exact) mass is 422 g/mol. The molecule has 0 aliphatic heterocycles. The Balaban J connectivity index is 1.71. The summed E-state index contributed by atoms with van der Waals surface area (Å²) in [6.07, 6.45) is 1.58. The summed E-state index contributed by atoms with van der Waals surface area (Å²) < 4.78 is 2.84. The lowest BCUT2D eigenvalue weighted by molar-refractivity contribution is -0.386. The van der Waals surface area contributed by atoms with Crippen molar-refractivity contribution in [1.29, 1.82) is 0 Å². The smallest absolute Gasteiger partial charge is 0.306 e. The Labute approximate surface area is 170 Å². The van der Waals surface area contributed by atoms with Gasteiger partial charge in [-0.1, -0.05) is 41.4 Å². The predicted molar refractivity (Wildman–Crippen MR) is 105 cm³/mol. The highest BCUT2D eigenvalue weighted by molar-refractivity contribution is 6.33. The van der Waals surface area contributed by atoms with E-state index in [9.17, 15) is 14.9 Å². The molecule has 0 atom stereocenters. The van der Waals surface area contributed by atoms with Crippen LogP contribution < -0.4 is 5.32 Å². The van der Waals surface area contributed by atoms with Crippen molar-refractivity contribution in [3.05, 3.63) is 67.6 Å². The molecule has 0 unspecified atom stereocenters. The summed E-state index contributed by atoms with van der Waals surface area (Å²) in [6.45, 7) is 3.25. The third kappa shape index (κ3) is 4.15. The van der Waals surface area contributed by atoms with E-state index >= 15 is 0 Å². The lowest BCUT2D eigenvalue weighted by atomic mass is 10.2. The summed E-state index contributed by atoms with van der Waals surface area (Å²) in [5.41, 5.74) is 1.30. The number of carbonyl (C=O) groups excluding carboxylic acids is 1. The van der Waals surface area contributed by atoms with Crippen molar-refractivity contribution in [1.82, 2.24) is 19.6 Å². The molecule has 1 amide bonds. The lowest BCUT2D eigenvalue weighted by Crippen LogP contribution is -2.21. The largest absolute Gasteiger partial charge is 0.312 e. The number of nitrogens with one attached hydrogen (secondary N) is 1. The third-order valence-electron chi connectivity index (χ3n) is 4.08. The first-order chi connectivity index (χ1) is 13.3. The molecule has 28 heavy (non-hydrogen) atoms. The van der Waals surface area contributed by atoms with Gasteiger partial charge >= 0.3 is 5.69 Å². The molecular formula is C17H16Cl2N6O3. The molecule has 0 aliphatic rings. The van der Waals surface area contributed by atoms with Gasteiger partial charge in [0.2, 0.25) is 5.91 Å². The molecule has 1 N–H and O–H groups in total. The van der Waals surface area contributed by atoms with E-state index < -0.39 is 10.8 Å². The molecule has 0 spiro atoms. The van der Waals surface area contributed by atoms with Crippen LogP contribution in [-0.4, -0.2) is 30.4 Å². The number of amides is 1. The zero-order valence-corrected chi connectivity index (χ0v) is 16.5. The number of carbonyl (C=O) groups is 1. The topological polar surface area (TPSA) is 108 Å². The standard InChI is InChI=1S/C17H16Cl2N6O3/c1-10-16(25(27)28)11(2)24(21-10)9-15(26)20-17-14(19)8-23(22-17)7-12-5-3-4-6-13(12)18/h3-6,8H,7,9H2,1-2H3,(H,20,22,26). The fraction of sp³-hybridized carbons (Fsp3) is 0.235. The number of nitro groups is 1. The van der Waals surface area contributed by atoms with Crippen LogP contribution in [0.1, 0.15) is 17.0 Å². The number of anilines is 1. The van der Waals surface area contributed by atoms with E-state index in [0.29, 0.717) is 17.3 Å². The van der Waals surface area contributed by atoms with Crippen LogP contribution in [0.4, 0.5) is 11.5 Å². The van der Waals surface area contributed by atoms with Gasteiger partial charge in [0.1, 0.15) is 23.0 Å². The molecule has 0 saturated heterocycles. The van der Waals surface area contributed by atoms with Crippen molar-refractivity contribution < 1.29 is 9.72 Å². The minimum Gasteiger partial charge on any atom is -0.306 e. The molecule has 146 valence electrons. The van der Waals surface area contributed by atoms with Crippen molar-refractivity contribution in [2.75, 3.05) is 5.32 Å². The highest BCUT2D eigenvalue weighted by Crippen LogP contribution is 2.23. The highest BCUT2D eigenvalue weighted by Gasteiger charge is 2.23. The number of rotatable bonds is 6. The van der Waals surface area contributed by atoms with Gasteiger partial charge in [-0.05, 0) is 25.5 Å². The van der Waals surface area contributed by atoms with Gasteiger partial charge in [0.25, 0.3) is 0 Å². The summed E-state index contributed by atoms with van der Waals surface area (Å²) in [7, 11) is 0. The van der Waals surface area contributed by atoms with Gasteiger partial charge in [-0.15, -0.1) is 0 Å². The first-order valence-electron chi connectivity index (χ1n) is 8.21. The quantitative estimate of drug-likeness (QED) is 0.482. The fourth-order valence-electron chi connectivity index (χ4n) is 2.78.